The fourth-order valence-electron chi connectivity index (χ4n) is 10.5. The molecule has 1 unspecified atom stereocenters. The molecule has 2 N–H and O–H groups in total. The number of ketones is 1. The van der Waals surface area contributed by atoms with E-state index in [0.717, 1.165) is 5.56 Å². The average molecular weight is 1210 g/mol. The highest BCUT2D eigenvalue weighted by molar-refractivity contribution is 6.38. The number of fused-ring (bicyclic) bond motifs is 3. The molecular formula is C66H91N7O14. The highest BCUT2D eigenvalue weighted by atomic mass is 16.5. The third-order valence-corrected chi connectivity index (χ3v) is 15.5. The number of hydrogen-bond donors (Lipinski definition) is 2. The van der Waals surface area contributed by atoms with Crippen LogP contribution in [-0.2, 0) is 63.8 Å². The number of likely N-dealkylation sites (N-methyl/N-ethyl adjacent to an activating group) is 2. The largest absolute Gasteiger partial charge is 0.493 e. The maximum absolute atomic E-state index is 14.7. The van der Waals surface area contributed by atoms with Crippen LogP contribution in [0.2, 0.25) is 0 Å². The van der Waals surface area contributed by atoms with Crippen molar-refractivity contribution in [1.29, 1.82) is 0 Å². The molecule has 2 aliphatic rings. The van der Waals surface area contributed by atoms with E-state index < -0.39 is 96.0 Å². The zero-order valence-corrected chi connectivity index (χ0v) is 52.6. The van der Waals surface area contributed by atoms with Crippen molar-refractivity contribution in [3.63, 3.8) is 0 Å². The first-order valence-electron chi connectivity index (χ1n) is 30.4. The van der Waals surface area contributed by atoms with Crippen LogP contribution in [0.15, 0.2) is 84.9 Å². The molecule has 0 radical (unpaired) electrons. The summed E-state index contributed by atoms with van der Waals surface area (Å²) in [5.74, 6) is -5.08. The van der Waals surface area contributed by atoms with E-state index in [1.165, 1.54) is 53.7 Å². The molecule has 474 valence electrons. The second kappa shape index (κ2) is 34.3. The minimum atomic E-state index is -1.47. The number of anilines is 1. The van der Waals surface area contributed by atoms with Crippen LogP contribution >= 0.6 is 0 Å². The van der Waals surface area contributed by atoms with Crippen LogP contribution in [-0.4, -0.2) is 170 Å². The monoisotopic (exact) mass is 1210 g/mol. The van der Waals surface area contributed by atoms with Gasteiger partial charge in [-0.15, -0.1) is 0 Å². The van der Waals surface area contributed by atoms with E-state index in [4.69, 9.17) is 18.9 Å². The molecule has 4 atom stereocenters. The summed E-state index contributed by atoms with van der Waals surface area (Å²) in [7, 11) is 6.27. The van der Waals surface area contributed by atoms with Crippen molar-refractivity contribution in [2.45, 2.75) is 149 Å². The zero-order valence-electron chi connectivity index (χ0n) is 52.6. The van der Waals surface area contributed by atoms with Crippen LogP contribution in [0.1, 0.15) is 147 Å². The number of rotatable bonds is 12. The summed E-state index contributed by atoms with van der Waals surface area (Å²) < 4.78 is 22.8. The van der Waals surface area contributed by atoms with E-state index in [2.05, 4.69) is 10.6 Å². The van der Waals surface area contributed by atoms with Crippen molar-refractivity contribution >= 4 is 64.8 Å². The fourth-order valence-corrected chi connectivity index (χ4v) is 10.5. The number of carbonyl (C=O) groups excluding carboxylic acids is 10. The van der Waals surface area contributed by atoms with E-state index in [-0.39, 0.29) is 63.7 Å². The summed E-state index contributed by atoms with van der Waals surface area (Å²) in [6, 6.07) is 17.5. The van der Waals surface area contributed by atoms with Gasteiger partial charge in [-0.2, -0.15) is 0 Å². The number of benzene rings is 3. The molecule has 87 heavy (non-hydrogen) atoms. The lowest BCUT2D eigenvalue weighted by Crippen LogP contribution is -2.53. The Hall–Kier alpha value is -8.10. The highest BCUT2D eigenvalue weighted by Gasteiger charge is 2.43. The number of piperidine rings is 1. The van der Waals surface area contributed by atoms with Crippen LogP contribution in [0, 0.1) is 11.3 Å². The highest BCUT2D eigenvalue weighted by Crippen LogP contribution is 2.33. The van der Waals surface area contributed by atoms with Crippen LogP contribution in [0.4, 0.5) is 5.69 Å². The molecule has 2 bridgehead atoms. The molecule has 0 saturated carbocycles. The molecule has 7 amide bonds. The maximum atomic E-state index is 14.7. The summed E-state index contributed by atoms with van der Waals surface area (Å²) in [5.41, 5.74) is 0.652. The molecule has 1 saturated heterocycles. The van der Waals surface area contributed by atoms with Gasteiger partial charge in [0.15, 0.2) is 11.5 Å². The first-order valence-corrected chi connectivity index (χ1v) is 30.4. The van der Waals surface area contributed by atoms with Gasteiger partial charge in [0.1, 0.15) is 30.8 Å². The predicted molar refractivity (Wildman–Crippen MR) is 328 cm³/mol. The number of hydrogen-bond acceptors (Lipinski definition) is 14. The zero-order chi connectivity index (χ0) is 63.8. The Morgan fingerprint density at radius 3 is 2.07 bits per heavy atom. The number of methoxy groups -OCH3 is 2. The molecular weight excluding hydrogens is 1110 g/mol. The summed E-state index contributed by atoms with van der Waals surface area (Å²) >= 11 is 0. The van der Waals surface area contributed by atoms with Gasteiger partial charge in [0, 0.05) is 64.9 Å². The number of amides is 7. The van der Waals surface area contributed by atoms with Gasteiger partial charge < -0.3 is 54.1 Å². The fraction of sp³-hybridized carbons (Fsp3) is 0.545. The van der Waals surface area contributed by atoms with Gasteiger partial charge >= 0.3 is 11.9 Å². The van der Waals surface area contributed by atoms with E-state index >= 15 is 0 Å². The van der Waals surface area contributed by atoms with Crippen molar-refractivity contribution in [2.24, 2.45) is 11.3 Å². The quantitative estimate of drug-likeness (QED) is 0.131. The molecule has 21 heteroatoms. The Morgan fingerprint density at radius 2 is 1.38 bits per heavy atom. The summed E-state index contributed by atoms with van der Waals surface area (Å²) in [6.45, 7) is 10.3. The van der Waals surface area contributed by atoms with Gasteiger partial charge in [0.05, 0.1) is 32.7 Å². The minimum absolute atomic E-state index is 0.0290. The molecule has 1 fully saturated rings. The molecule has 0 aliphatic carbocycles. The Bertz CT molecular complexity index is 2890. The number of aryl methyl sites for hydroxylation is 1. The van der Waals surface area contributed by atoms with Gasteiger partial charge in [-0.05, 0) is 131 Å². The molecule has 2 heterocycles. The Labute approximate surface area is 512 Å². The van der Waals surface area contributed by atoms with Crippen molar-refractivity contribution in [3.05, 3.63) is 102 Å². The number of nitrogens with one attached hydrogen (secondary N) is 2. The van der Waals surface area contributed by atoms with E-state index in [0.29, 0.717) is 92.6 Å². The molecule has 0 spiro atoms. The van der Waals surface area contributed by atoms with Crippen LogP contribution < -0.4 is 20.1 Å². The summed E-state index contributed by atoms with van der Waals surface area (Å²) in [4.78, 5) is 147. The van der Waals surface area contributed by atoms with Crippen LogP contribution in [0.5, 0.6) is 11.5 Å². The average Bonchev–Trinajstić information content (AvgIpc) is 2.06. The van der Waals surface area contributed by atoms with Gasteiger partial charge in [-0.3, -0.25) is 38.4 Å². The molecule has 3 aromatic rings. The minimum Gasteiger partial charge on any atom is -0.493 e. The number of nitrogens with zero attached hydrogens (tertiary/aromatic N) is 5. The standard InChI is InChI=1S/C66H91N7O14/c1-11-35-71-42-57(76)70(8)51(39-45(3)4)62(80)69(7)37-20-14-13-18-28-59(78)86-44-66(5,6)61(79)64(82)73-38-21-19-27-50(73)65(83)87-52(31-29-46-30-32-53(84-9)54(40-46)85-10)48-25-22-26-49(41-48)67-55(74)33-34-56(75)68-60(47-23-16-15-17-24-47)63(81)72(36-12-2)43-58(71)77/h15-18,22-26,28,30,32,40-41,45,50-52,60H,11-14,19-21,27,29,31,33-39,42-44H2,1-10H3,(H,67,74)(H,68,75)/t50-,51-,52+,60?/m0/s1. The number of Topliss-reactive ketones (excluding diaryl/α,β-unsaturated/α-hetero) is 1. The lowest BCUT2D eigenvalue weighted by molar-refractivity contribution is -0.165. The number of ether oxygens (including phenoxy) is 4. The first kappa shape index (κ1) is 69.7. The topological polar surface area (TPSA) is 248 Å². The SMILES string of the molecule is CCCN1CC(=O)N(C)[C@@H](CC(C)C)C(=O)N(C)CCCCC=CC(=O)OCC(C)(C)C(=O)C(=O)N2CCCC[C@H]2C(=O)O[C@H](CCc2ccc(OC)c(OC)c2)c2cccc(c2)NC(=O)CCC(=O)NC(c2ccccc2)C(=O)N(CCC)CC1=O. The van der Waals surface area contributed by atoms with Crippen LogP contribution in [0.25, 0.3) is 0 Å². The third-order valence-electron chi connectivity index (χ3n) is 15.5. The molecule has 2 aliphatic heterocycles. The number of esters is 2. The second-order valence-electron chi connectivity index (χ2n) is 23.5. The molecule has 3 aromatic carbocycles. The van der Waals surface area contributed by atoms with Crippen molar-refractivity contribution in [3.8, 4) is 11.5 Å². The number of allylic oxidation sites excluding steroid dienone is 1. The number of cyclic esters (lactones) is 2. The molecule has 0 aromatic heterocycles. The van der Waals surface area contributed by atoms with Crippen molar-refractivity contribution in [2.75, 3.05) is 79.5 Å². The van der Waals surface area contributed by atoms with Crippen molar-refractivity contribution in [1.82, 2.24) is 29.8 Å². The Morgan fingerprint density at radius 1 is 0.713 bits per heavy atom. The normalized spacial score (nSPS) is 21.3. The van der Waals surface area contributed by atoms with E-state index in [1.54, 1.807) is 85.7 Å². The summed E-state index contributed by atoms with van der Waals surface area (Å²) in [5, 5.41) is 5.66. The number of carbonyl (C=O) groups is 10. The predicted octanol–water partition coefficient (Wildman–Crippen LogP) is 7.57. The Balaban J connectivity index is 1.46. The van der Waals surface area contributed by atoms with Gasteiger partial charge in [-0.25, -0.2) is 9.59 Å². The van der Waals surface area contributed by atoms with Crippen molar-refractivity contribution < 1.29 is 66.9 Å². The summed E-state index contributed by atoms with van der Waals surface area (Å²) in [6.07, 6.45) is 6.22. The lowest BCUT2D eigenvalue weighted by Gasteiger charge is -2.36. The van der Waals surface area contributed by atoms with E-state index in [1.807, 2.05) is 39.8 Å². The first-order chi connectivity index (χ1) is 41.5. The van der Waals surface area contributed by atoms with E-state index in [9.17, 15) is 47.9 Å². The van der Waals surface area contributed by atoms with Gasteiger partial charge in [0.2, 0.25) is 41.2 Å². The lowest BCUT2D eigenvalue weighted by atomic mass is 9.87. The van der Waals surface area contributed by atoms with Gasteiger partial charge in [0.25, 0.3) is 5.91 Å². The third kappa shape index (κ3) is 20.8. The smallest absolute Gasteiger partial charge is 0.330 e. The van der Waals surface area contributed by atoms with Crippen LogP contribution in [0.3, 0.4) is 0 Å². The Kier molecular flexibility index (Phi) is 27.5. The second-order valence-corrected chi connectivity index (χ2v) is 23.5. The molecule has 5 rings (SSSR count). The maximum Gasteiger partial charge on any atom is 0.330 e. The molecule has 21 nitrogen and oxygen atoms in total. The van der Waals surface area contributed by atoms with Gasteiger partial charge in [-0.1, -0.05) is 82.3 Å².